The molecule has 0 heterocycles. The number of hydrogen-bond donors (Lipinski definition) is 2. The molecule has 4 rings (SSSR count). The highest BCUT2D eigenvalue weighted by Gasteiger charge is 2.18. The number of amides is 2. The molecule has 4 aromatic carbocycles. The average molecular weight is 566 g/mol. The molecule has 0 spiro atoms. The lowest BCUT2D eigenvalue weighted by atomic mass is 10.0. The van der Waals surface area contributed by atoms with Crippen molar-refractivity contribution in [1.29, 1.82) is 0 Å². The third kappa shape index (κ3) is 6.28. The minimum absolute atomic E-state index is 0.0977. The van der Waals surface area contributed by atoms with Crippen molar-refractivity contribution >= 4 is 63.7 Å². The first-order valence-corrected chi connectivity index (χ1v) is 12.1. The number of nitrogens with zero attached hydrogens (tertiary/aromatic N) is 1. The third-order valence-corrected chi connectivity index (χ3v) is 6.34. The van der Waals surface area contributed by atoms with Crippen LogP contribution in [-0.2, 0) is 9.59 Å². The zero-order valence-electron chi connectivity index (χ0n) is 20.7. The minimum atomic E-state index is -1.05. The second kappa shape index (κ2) is 12.3. The van der Waals surface area contributed by atoms with Crippen LogP contribution in [0.2, 0.25) is 10.0 Å². The van der Waals surface area contributed by atoms with Gasteiger partial charge < -0.3 is 19.5 Å². The number of hydrogen-bond acceptors (Lipinski definition) is 7. The standard InChI is InChI=1S/C28H21Cl2N3O6/c1-37-23-13-11-17(14-24(23)38-2)28(36)39-22-12-10-16-6-3-4-7-18(16)19(22)15-31-33-27(35)26(34)32-21-9-5-8-20(29)25(21)30/h3-15H,1-2H3,(H,32,34)(H,33,35)/b31-15+. The predicted molar refractivity (Wildman–Crippen MR) is 149 cm³/mol. The Morgan fingerprint density at radius 1 is 0.821 bits per heavy atom. The van der Waals surface area contributed by atoms with Gasteiger partial charge in [-0.2, -0.15) is 5.10 Å². The van der Waals surface area contributed by atoms with Crippen molar-refractivity contribution in [3.8, 4) is 17.2 Å². The summed E-state index contributed by atoms with van der Waals surface area (Å²) in [5, 5.41) is 8.14. The number of rotatable bonds is 7. The van der Waals surface area contributed by atoms with Crippen LogP contribution in [-0.4, -0.2) is 38.2 Å². The summed E-state index contributed by atoms with van der Waals surface area (Å²) in [6.45, 7) is 0. The number of nitrogens with one attached hydrogen (secondary N) is 2. The van der Waals surface area contributed by atoms with E-state index in [9.17, 15) is 14.4 Å². The van der Waals surface area contributed by atoms with E-state index in [1.54, 1.807) is 48.5 Å². The number of anilines is 1. The molecule has 0 atom stereocenters. The summed E-state index contributed by atoms with van der Waals surface area (Å²) in [6, 6.07) is 20.0. The van der Waals surface area contributed by atoms with E-state index in [1.165, 1.54) is 32.6 Å². The summed E-state index contributed by atoms with van der Waals surface area (Å²) in [5.41, 5.74) is 2.97. The van der Waals surface area contributed by atoms with E-state index in [-0.39, 0.29) is 27.0 Å². The number of hydrazone groups is 1. The third-order valence-electron chi connectivity index (χ3n) is 5.52. The van der Waals surface area contributed by atoms with Gasteiger partial charge in [0.25, 0.3) is 0 Å². The van der Waals surface area contributed by atoms with Gasteiger partial charge in [0.2, 0.25) is 0 Å². The van der Waals surface area contributed by atoms with Crippen LogP contribution >= 0.6 is 23.2 Å². The minimum Gasteiger partial charge on any atom is -0.493 e. The van der Waals surface area contributed by atoms with Crippen molar-refractivity contribution in [2.45, 2.75) is 0 Å². The van der Waals surface area contributed by atoms with Gasteiger partial charge in [0.05, 0.1) is 41.7 Å². The van der Waals surface area contributed by atoms with E-state index >= 15 is 0 Å². The van der Waals surface area contributed by atoms with E-state index in [4.69, 9.17) is 37.4 Å². The Labute approximate surface area is 233 Å². The maximum Gasteiger partial charge on any atom is 0.343 e. The highest BCUT2D eigenvalue weighted by atomic mass is 35.5. The van der Waals surface area contributed by atoms with Gasteiger partial charge >= 0.3 is 17.8 Å². The number of fused-ring (bicyclic) bond motifs is 1. The zero-order chi connectivity index (χ0) is 27.9. The molecule has 9 nitrogen and oxygen atoms in total. The summed E-state index contributed by atoms with van der Waals surface area (Å²) < 4.78 is 16.1. The molecule has 198 valence electrons. The fourth-order valence-electron chi connectivity index (χ4n) is 3.61. The van der Waals surface area contributed by atoms with Crippen LogP contribution in [0.4, 0.5) is 5.69 Å². The van der Waals surface area contributed by atoms with Crippen molar-refractivity contribution in [3.63, 3.8) is 0 Å². The molecule has 0 unspecified atom stereocenters. The van der Waals surface area contributed by atoms with Crippen LogP contribution in [0.1, 0.15) is 15.9 Å². The van der Waals surface area contributed by atoms with Crippen LogP contribution in [0.25, 0.3) is 10.8 Å². The van der Waals surface area contributed by atoms with E-state index in [1.807, 2.05) is 12.1 Å². The molecule has 0 saturated carbocycles. The maximum absolute atomic E-state index is 13.0. The Hall–Kier alpha value is -4.60. The molecule has 0 aliphatic carbocycles. The van der Waals surface area contributed by atoms with Crippen LogP contribution in [0.15, 0.2) is 77.9 Å². The number of carbonyl (C=O) groups excluding carboxylic acids is 3. The molecule has 0 fully saturated rings. The summed E-state index contributed by atoms with van der Waals surface area (Å²) in [4.78, 5) is 37.6. The Morgan fingerprint density at radius 2 is 1.56 bits per heavy atom. The van der Waals surface area contributed by atoms with Crippen molar-refractivity contribution in [2.75, 3.05) is 19.5 Å². The smallest absolute Gasteiger partial charge is 0.343 e. The molecule has 0 aliphatic rings. The van der Waals surface area contributed by atoms with Gasteiger partial charge in [0.15, 0.2) is 11.5 Å². The number of halogens is 2. The number of methoxy groups -OCH3 is 2. The summed E-state index contributed by atoms with van der Waals surface area (Å²) in [5.74, 6) is -1.69. The Balaban J connectivity index is 1.56. The zero-order valence-corrected chi connectivity index (χ0v) is 22.2. The number of esters is 1. The Kier molecular flexibility index (Phi) is 8.65. The fourth-order valence-corrected chi connectivity index (χ4v) is 3.95. The average Bonchev–Trinajstić information content (AvgIpc) is 2.95. The summed E-state index contributed by atoms with van der Waals surface area (Å²) in [7, 11) is 2.95. The lowest BCUT2D eigenvalue weighted by Gasteiger charge is -2.12. The lowest BCUT2D eigenvalue weighted by Crippen LogP contribution is -2.32. The molecule has 2 N–H and O–H groups in total. The van der Waals surface area contributed by atoms with Crippen LogP contribution in [0.3, 0.4) is 0 Å². The maximum atomic E-state index is 13.0. The van der Waals surface area contributed by atoms with E-state index < -0.39 is 17.8 Å². The van der Waals surface area contributed by atoms with E-state index in [0.29, 0.717) is 22.4 Å². The molecule has 0 aliphatic heterocycles. The van der Waals surface area contributed by atoms with Crippen molar-refractivity contribution in [2.24, 2.45) is 5.10 Å². The van der Waals surface area contributed by atoms with Gasteiger partial charge in [-0.15, -0.1) is 0 Å². The summed E-state index contributed by atoms with van der Waals surface area (Å²) >= 11 is 12.0. The number of ether oxygens (including phenoxy) is 3. The molecular formula is C28H21Cl2N3O6. The normalized spacial score (nSPS) is 10.8. The molecule has 0 aromatic heterocycles. The SMILES string of the molecule is COc1ccc(C(=O)Oc2ccc3ccccc3c2/C=N/NC(=O)C(=O)Nc2cccc(Cl)c2Cl)cc1OC. The van der Waals surface area contributed by atoms with Crippen molar-refractivity contribution in [1.82, 2.24) is 5.43 Å². The first-order chi connectivity index (χ1) is 18.8. The van der Waals surface area contributed by atoms with Crippen molar-refractivity contribution < 1.29 is 28.6 Å². The predicted octanol–water partition coefficient (Wildman–Crippen LogP) is 5.47. The Morgan fingerprint density at radius 3 is 2.33 bits per heavy atom. The largest absolute Gasteiger partial charge is 0.493 e. The van der Waals surface area contributed by atoms with Gasteiger partial charge in [-0.3, -0.25) is 9.59 Å². The molecule has 4 aromatic rings. The fraction of sp³-hybridized carbons (Fsp3) is 0.0714. The number of carbonyl (C=O) groups is 3. The lowest BCUT2D eigenvalue weighted by molar-refractivity contribution is -0.136. The highest BCUT2D eigenvalue weighted by molar-refractivity contribution is 6.45. The molecule has 0 bridgehead atoms. The van der Waals surface area contributed by atoms with Gasteiger partial charge in [-0.25, -0.2) is 10.2 Å². The van der Waals surface area contributed by atoms with E-state index in [2.05, 4.69) is 15.8 Å². The quantitative estimate of drug-likeness (QED) is 0.101. The van der Waals surface area contributed by atoms with Crippen LogP contribution in [0, 0.1) is 0 Å². The monoisotopic (exact) mass is 565 g/mol. The second-order valence-corrected chi connectivity index (χ2v) is 8.70. The van der Waals surface area contributed by atoms with Crippen LogP contribution < -0.4 is 25.0 Å². The van der Waals surface area contributed by atoms with Gasteiger partial charge in [0, 0.05) is 5.56 Å². The second-order valence-electron chi connectivity index (χ2n) is 7.91. The van der Waals surface area contributed by atoms with Gasteiger partial charge in [-0.1, -0.05) is 59.6 Å². The topological polar surface area (TPSA) is 115 Å². The molecule has 11 heteroatoms. The Bertz CT molecular complexity index is 1610. The molecule has 2 amide bonds. The van der Waals surface area contributed by atoms with Gasteiger partial charge in [0.1, 0.15) is 5.75 Å². The van der Waals surface area contributed by atoms with Gasteiger partial charge in [-0.05, 0) is 47.2 Å². The number of benzene rings is 4. The summed E-state index contributed by atoms with van der Waals surface area (Å²) in [6.07, 6.45) is 1.29. The van der Waals surface area contributed by atoms with Crippen LogP contribution in [0.5, 0.6) is 17.2 Å². The molecule has 39 heavy (non-hydrogen) atoms. The molecule has 0 saturated heterocycles. The molecular weight excluding hydrogens is 545 g/mol. The first kappa shape index (κ1) is 27.4. The van der Waals surface area contributed by atoms with Crippen molar-refractivity contribution in [3.05, 3.63) is 94.0 Å². The first-order valence-electron chi connectivity index (χ1n) is 11.4. The highest BCUT2D eigenvalue weighted by Crippen LogP contribution is 2.31. The van der Waals surface area contributed by atoms with E-state index in [0.717, 1.165) is 5.39 Å². The molecule has 0 radical (unpaired) electrons.